The molecule has 1 aliphatic rings. The normalized spacial score (nSPS) is 17.0. The van der Waals surface area contributed by atoms with E-state index in [9.17, 15) is 14.4 Å². The van der Waals surface area contributed by atoms with Crippen LogP contribution in [0.5, 0.6) is 0 Å². The van der Waals surface area contributed by atoms with Gasteiger partial charge in [-0.2, -0.15) is 0 Å². The highest BCUT2D eigenvalue weighted by Crippen LogP contribution is 2.28. The van der Waals surface area contributed by atoms with E-state index < -0.39 is 5.92 Å². The van der Waals surface area contributed by atoms with E-state index in [2.05, 4.69) is 10.6 Å². The van der Waals surface area contributed by atoms with E-state index in [0.717, 1.165) is 27.9 Å². The Morgan fingerprint density at radius 3 is 2.37 bits per heavy atom. The molecule has 1 fully saturated rings. The molecule has 6 nitrogen and oxygen atoms in total. The Morgan fingerprint density at radius 2 is 1.73 bits per heavy atom. The predicted molar refractivity (Wildman–Crippen MR) is 117 cm³/mol. The quantitative estimate of drug-likeness (QED) is 0.771. The number of aryl methyl sites for hydroxylation is 3. The van der Waals surface area contributed by atoms with Crippen LogP contribution in [-0.4, -0.2) is 35.7 Å². The molecule has 2 N–H and O–H groups in total. The fourth-order valence-corrected chi connectivity index (χ4v) is 4.07. The molecule has 3 rings (SSSR count). The summed E-state index contributed by atoms with van der Waals surface area (Å²) in [6, 6.07) is 13.7. The molecule has 1 heterocycles. The molecule has 0 bridgehead atoms. The van der Waals surface area contributed by atoms with Gasteiger partial charge in [0.15, 0.2) is 0 Å². The number of hydrogen-bond acceptors (Lipinski definition) is 3. The summed E-state index contributed by atoms with van der Waals surface area (Å²) in [6.07, 6.45) is 0.167. The number of benzene rings is 2. The Bertz CT molecular complexity index is 932. The first kappa shape index (κ1) is 21.6. The molecule has 2 atom stereocenters. The summed E-state index contributed by atoms with van der Waals surface area (Å²) >= 11 is 0. The van der Waals surface area contributed by atoms with Crippen molar-refractivity contribution in [2.24, 2.45) is 5.92 Å². The van der Waals surface area contributed by atoms with Gasteiger partial charge in [0.2, 0.25) is 17.7 Å². The molecule has 0 radical (unpaired) electrons. The van der Waals surface area contributed by atoms with E-state index in [1.165, 1.54) is 0 Å². The number of likely N-dealkylation sites (tertiary alicyclic amines) is 1. The molecule has 2 aromatic rings. The van der Waals surface area contributed by atoms with Crippen molar-refractivity contribution in [1.29, 1.82) is 0 Å². The number of nitrogens with zero attached hydrogens (tertiary/aromatic N) is 1. The predicted octanol–water partition coefficient (Wildman–Crippen LogP) is 3.28. The van der Waals surface area contributed by atoms with E-state index in [4.69, 9.17) is 0 Å². The smallest absolute Gasteiger partial charge is 0.243 e. The topological polar surface area (TPSA) is 78.5 Å². The third kappa shape index (κ3) is 4.87. The fraction of sp³-hybridized carbons (Fsp3) is 0.375. The average Bonchev–Trinajstić information content (AvgIpc) is 3.10. The molecule has 0 aliphatic carbocycles. The lowest BCUT2D eigenvalue weighted by molar-refractivity contribution is -0.130. The lowest BCUT2D eigenvalue weighted by Crippen LogP contribution is -2.38. The van der Waals surface area contributed by atoms with Crippen molar-refractivity contribution < 1.29 is 14.4 Å². The molecule has 1 saturated heterocycles. The zero-order chi connectivity index (χ0) is 21.8. The monoisotopic (exact) mass is 407 g/mol. The van der Waals surface area contributed by atoms with Gasteiger partial charge in [0.1, 0.15) is 0 Å². The van der Waals surface area contributed by atoms with Gasteiger partial charge in [0.05, 0.1) is 18.5 Å². The van der Waals surface area contributed by atoms with E-state index in [1.54, 1.807) is 4.90 Å². The number of rotatable bonds is 6. The molecular formula is C24H29N3O3. The maximum Gasteiger partial charge on any atom is 0.243 e. The highest BCUT2D eigenvalue weighted by atomic mass is 16.2. The van der Waals surface area contributed by atoms with Crippen molar-refractivity contribution in [2.45, 2.75) is 40.2 Å². The third-order valence-corrected chi connectivity index (χ3v) is 5.64. The van der Waals surface area contributed by atoms with Gasteiger partial charge in [-0.05, 0) is 44.4 Å². The number of carbonyl (C=O) groups is 3. The van der Waals surface area contributed by atoms with Gasteiger partial charge in [-0.3, -0.25) is 14.4 Å². The third-order valence-electron chi connectivity index (χ3n) is 5.64. The van der Waals surface area contributed by atoms with Crippen LogP contribution in [0.15, 0.2) is 42.5 Å². The zero-order valence-corrected chi connectivity index (χ0v) is 18.0. The summed E-state index contributed by atoms with van der Waals surface area (Å²) < 4.78 is 0. The minimum Gasteiger partial charge on any atom is -0.347 e. The fourth-order valence-electron chi connectivity index (χ4n) is 4.07. The summed E-state index contributed by atoms with van der Waals surface area (Å²) in [5.74, 6) is -1.03. The van der Waals surface area contributed by atoms with E-state index >= 15 is 0 Å². The first-order chi connectivity index (χ1) is 14.3. The summed E-state index contributed by atoms with van der Waals surface area (Å²) in [6.45, 7) is 8.11. The van der Waals surface area contributed by atoms with Crippen molar-refractivity contribution in [3.8, 4) is 0 Å². The van der Waals surface area contributed by atoms with Gasteiger partial charge >= 0.3 is 0 Å². The van der Waals surface area contributed by atoms with E-state index in [0.29, 0.717) is 6.54 Å². The second kappa shape index (κ2) is 9.11. The number of nitrogens with one attached hydrogen (secondary N) is 2. The van der Waals surface area contributed by atoms with Gasteiger partial charge < -0.3 is 15.5 Å². The van der Waals surface area contributed by atoms with Crippen LogP contribution in [-0.2, 0) is 14.4 Å². The number of hydrogen-bond donors (Lipinski definition) is 2. The molecule has 30 heavy (non-hydrogen) atoms. The number of amides is 3. The lowest BCUT2D eigenvalue weighted by atomic mass is 10.1. The van der Waals surface area contributed by atoms with Crippen molar-refractivity contribution in [1.82, 2.24) is 10.2 Å². The Morgan fingerprint density at radius 1 is 1.10 bits per heavy atom. The summed E-state index contributed by atoms with van der Waals surface area (Å²) in [7, 11) is 0. The van der Waals surface area contributed by atoms with Crippen molar-refractivity contribution in [2.75, 3.05) is 18.4 Å². The van der Waals surface area contributed by atoms with Crippen LogP contribution in [0.25, 0.3) is 0 Å². The van der Waals surface area contributed by atoms with Gasteiger partial charge in [-0.25, -0.2) is 0 Å². The Kier molecular flexibility index (Phi) is 6.55. The Balaban J connectivity index is 1.54. The summed E-state index contributed by atoms with van der Waals surface area (Å²) in [5.41, 5.74) is 4.92. The Labute approximate surface area is 177 Å². The van der Waals surface area contributed by atoms with Crippen LogP contribution in [0.2, 0.25) is 0 Å². The standard InChI is InChI=1S/C24H29N3O3/c1-15-10-16(2)23(17(3)11-15)26-21(28)13-25-24(30)20-12-22(29)27(14-20)18(4)19-8-6-5-7-9-19/h5-11,18,20H,12-14H2,1-4H3,(H,25,30)(H,26,28)/t18-,20+/m1/s1. The Hall–Kier alpha value is -3.15. The van der Waals surface area contributed by atoms with Gasteiger partial charge in [0, 0.05) is 18.7 Å². The molecule has 0 saturated carbocycles. The molecule has 158 valence electrons. The maximum absolute atomic E-state index is 12.6. The molecule has 6 heteroatoms. The molecule has 0 spiro atoms. The molecule has 2 aromatic carbocycles. The van der Waals surface area contributed by atoms with Crippen LogP contribution in [0.4, 0.5) is 5.69 Å². The van der Waals surface area contributed by atoms with Gasteiger partial charge in [0.25, 0.3) is 0 Å². The zero-order valence-electron chi connectivity index (χ0n) is 18.0. The minimum absolute atomic E-state index is 0.0399. The first-order valence-electron chi connectivity index (χ1n) is 10.3. The SMILES string of the molecule is Cc1cc(C)c(NC(=O)CNC(=O)[C@H]2CC(=O)N([C@H](C)c3ccccc3)C2)c(C)c1. The van der Waals surface area contributed by atoms with Crippen molar-refractivity contribution in [3.63, 3.8) is 0 Å². The highest BCUT2D eigenvalue weighted by Gasteiger charge is 2.37. The first-order valence-corrected chi connectivity index (χ1v) is 10.3. The van der Waals surface area contributed by atoms with Crippen molar-refractivity contribution in [3.05, 3.63) is 64.7 Å². The van der Waals surface area contributed by atoms with Crippen LogP contribution in [0.1, 0.15) is 41.6 Å². The van der Waals surface area contributed by atoms with Crippen LogP contribution in [0, 0.1) is 26.7 Å². The van der Waals surface area contributed by atoms with Gasteiger partial charge in [-0.1, -0.05) is 48.0 Å². The molecule has 1 aliphatic heterocycles. The van der Waals surface area contributed by atoms with Crippen LogP contribution in [0.3, 0.4) is 0 Å². The average molecular weight is 408 g/mol. The van der Waals surface area contributed by atoms with Crippen molar-refractivity contribution >= 4 is 23.4 Å². The van der Waals surface area contributed by atoms with Crippen LogP contribution >= 0.6 is 0 Å². The van der Waals surface area contributed by atoms with E-state index in [-0.39, 0.29) is 36.7 Å². The van der Waals surface area contributed by atoms with Crippen LogP contribution < -0.4 is 10.6 Å². The lowest BCUT2D eigenvalue weighted by Gasteiger charge is -2.25. The molecule has 3 amide bonds. The minimum atomic E-state index is -0.445. The molecular weight excluding hydrogens is 378 g/mol. The maximum atomic E-state index is 12.6. The second-order valence-electron chi connectivity index (χ2n) is 8.07. The largest absolute Gasteiger partial charge is 0.347 e. The molecule has 0 aromatic heterocycles. The number of carbonyl (C=O) groups excluding carboxylic acids is 3. The number of anilines is 1. The second-order valence-corrected chi connectivity index (χ2v) is 8.07. The van der Waals surface area contributed by atoms with Gasteiger partial charge in [-0.15, -0.1) is 0 Å². The summed E-state index contributed by atoms with van der Waals surface area (Å²) in [5, 5.41) is 5.56. The highest BCUT2D eigenvalue weighted by molar-refractivity contribution is 5.97. The van der Waals surface area contributed by atoms with E-state index in [1.807, 2.05) is 70.2 Å². The molecule has 0 unspecified atom stereocenters. The summed E-state index contributed by atoms with van der Waals surface area (Å²) in [4.78, 5) is 39.1.